The highest BCUT2D eigenvalue weighted by molar-refractivity contribution is 6.41. The molecule has 0 aliphatic heterocycles. The normalized spacial score (nSPS) is 10.3. The summed E-state index contributed by atoms with van der Waals surface area (Å²) in [5.74, 6) is 1.17. The van der Waals surface area contributed by atoms with Crippen LogP contribution in [0.3, 0.4) is 0 Å². The summed E-state index contributed by atoms with van der Waals surface area (Å²) in [5.41, 5.74) is 1.02. The van der Waals surface area contributed by atoms with E-state index in [2.05, 4.69) is 10.3 Å². The van der Waals surface area contributed by atoms with Crippen LogP contribution in [0.25, 0.3) is 0 Å². The van der Waals surface area contributed by atoms with Gasteiger partial charge in [0.15, 0.2) is 11.5 Å². The van der Waals surface area contributed by atoms with Crippen LogP contribution < -0.4 is 19.5 Å². The zero-order chi connectivity index (χ0) is 17.0. The van der Waals surface area contributed by atoms with E-state index in [0.29, 0.717) is 22.3 Å². The van der Waals surface area contributed by atoms with E-state index >= 15 is 0 Å². The maximum Gasteiger partial charge on any atom is 0.268 e. The number of hydrogen-bond donors (Lipinski definition) is 2. The first-order chi connectivity index (χ1) is 11.0. The Morgan fingerprint density at radius 3 is 2.35 bits per heavy atom. The molecular formula is C15H16Cl2N2O4. The first-order valence-electron chi connectivity index (χ1n) is 6.61. The molecule has 0 aliphatic carbocycles. The van der Waals surface area contributed by atoms with Gasteiger partial charge >= 0.3 is 0 Å². The molecule has 0 saturated heterocycles. The van der Waals surface area contributed by atoms with Crippen molar-refractivity contribution in [2.75, 3.05) is 21.3 Å². The van der Waals surface area contributed by atoms with Gasteiger partial charge in [0.2, 0.25) is 5.75 Å². The summed E-state index contributed by atoms with van der Waals surface area (Å²) in [6, 6.07) is 4.99. The van der Waals surface area contributed by atoms with Crippen LogP contribution in [-0.4, -0.2) is 32.2 Å². The number of aromatic amines is 1. The van der Waals surface area contributed by atoms with Gasteiger partial charge in [-0.25, -0.2) is 0 Å². The number of amides is 1. The zero-order valence-electron chi connectivity index (χ0n) is 12.8. The Kier molecular flexibility index (Phi) is 5.63. The van der Waals surface area contributed by atoms with Crippen molar-refractivity contribution >= 4 is 29.1 Å². The topological polar surface area (TPSA) is 72.6 Å². The second-order valence-corrected chi connectivity index (χ2v) is 5.31. The third kappa shape index (κ3) is 3.65. The number of rotatable bonds is 6. The highest BCUT2D eigenvalue weighted by Crippen LogP contribution is 2.39. The summed E-state index contributed by atoms with van der Waals surface area (Å²) in [6.07, 6.45) is 0. The van der Waals surface area contributed by atoms with Crippen molar-refractivity contribution in [2.45, 2.75) is 6.54 Å². The van der Waals surface area contributed by atoms with Gasteiger partial charge in [0.1, 0.15) is 10.8 Å². The third-order valence-corrected chi connectivity index (χ3v) is 3.89. The molecule has 0 saturated carbocycles. The Balaban J connectivity index is 2.18. The van der Waals surface area contributed by atoms with Gasteiger partial charge < -0.3 is 24.5 Å². The minimum Gasteiger partial charge on any atom is -0.493 e. The van der Waals surface area contributed by atoms with Gasteiger partial charge in [0.05, 0.1) is 26.4 Å². The summed E-state index contributed by atoms with van der Waals surface area (Å²) in [4.78, 5) is 14.8. The van der Waals surface area contributed by atoms with Gasteiger partial charge in [-0.2, -0.15) is 0 Å². The average Bonchev–Trinajstić information content (AvgIpc) is 2.90. The molecule has 124 valence electrons. The number of carbonyl (C=O) groups excluding carboxylic acids is 1. The molecule has 0 fully saturated rings. The SMILES string of the molecule is COc1ccc(CNC(=O)c2cc(Cl)c(Cl)[nH]2)c(OC)c1OC. The molecule has 6 nitrogen and oxygen atoms in total. The van der Waals surface area contributed by atoms with Gasteiger partial charge in [-0.1, -0.05) is 23.2 Å². The van der Waals surface area contributed by atoms with Gasteiger partial charge in [0, 0.05) is 12.1 Å². The second-order valence-electron chi connectivity index (χ2n) is 4.52. The number of H-pyrrole nitrogens is 1. The van der Waals surface area contributed by atoms with Crippen molar-refractivity contribution in [2.24, 2.45) is 0 Å². The van der Waals surface area contributed by atoms with Crippen LogP contribution in [-0.2, 0) is 6.54 Å². The van der Waals surface area contributed by atoms with Crippen LogP contribution in [0.5, 0.6) is 17.2 Å². The van der Waals surface area contributed by atoms with Crippen LogP contribution in [0.1, 0.15) is 16.1 Å². The lowest BCUT2D eigenvalue weighted by Gasteiger charge is -2.16. The number of ether oxygens (including phenoxy) is 3. The number of hydrogen-bond acceptors (Lipinski definition) is 4. The van der Waals surface area contributed by atoms with Gasteiger partial charge in [-0.05, 0) is 18.2 Å². The molecule has 2 N–H and O–H groups in total. The third-order valence-electron chi connectivity index (χ3n) is 3.19. The molecule has 1 amide bonds. The fourth-order valence-corrected chi connectivity index (χ4v) is 2.41. The second kappa shape index (κ2) is 7.48. The van der Waals surface area contributed by atoms with E-state index in [1.54, 1.807) is 12.1 Å². The number of carbonyl (C=O) groups is 1. The monoisotopic (exact) mass is 358 g/mol. The number of halogens is 2. The van der Waals surface area contributed by atoms with E-state index in [4.69, 9.17) is 37.4 Å². The summed E-state index contributed by atoms with van der Waals surface area (Å²) in [5, 5.41) is 3.27. The Bertz CT molecular complexity index is 696. The van der Waals surface area contributed by atoms with Gasteiger partial charge in [-0.15, -0.1) is 0 Å². The lowest BCUT2D eigenvalue weighted by molar-refractivity contribution is 0.0946. The number of nitrogens with one attached hydrogen (secondary N) is 2. The van der Waals surface area contributed by atoms with Crippen LogP contribution in [0.15, 0.2) is 18.2 Å². The van der Waals surface area contributed by atoms with Gasteiger partial charge in [-0.3, -0.25) is 4.79 Å². The molecule has 0 aliphatic rings. The Hall–Kier alpha value is -2.05. The molecule has 2 rings (SSSR count). The lowest BCUT2D eigenvalue weighted by atomic mass is 10.1. The molecular weight excluding hydrogens is 343 g/mol. The van der Waals surface area contributed by atoms with Crippen LogP contribution >= 0.6 is 23.2 Å². The number of methoxy groups -OCH3 is 3. The van der Waals surface area contributed by atoms with Crippen LogP contribution in [0.4, 0.5) is 0 Å². The van der Waals surface area contributed by atoms with Crippen molar-refractivity contribution in [3.8, 4) is 17.2 Å². The van der Waals surface area contributed by atoms with Crippen LogP contribution in [0.2, 0.25) is 10.2 Å². The standard InChI is InChI=1S/C15H16Cl2N2O4/c1-21-11-5-4-8(12(22-2)13(11)23-3)7-18-15(20)10-6-9(16)14(17)19-10/h4-6,19H,7H2,1-3H3,(H,18,20). The fourth-order valence-electron chi connectivity index (χ4n) is 2.10. The van der Waals surface area contributed by atoms with Crippen molar-refractivity contribution in [1.82, 2.24) is 10.3 Å². The van der Waals surface area contributed by atoms with E-state index in [1.807, 2.05) is 0 Å². The maximum atomic E-state index is 12.1. The smallest absolute Gasteiger partial charge is 0.268 e. The highest BCUT2D eigenvalue weighted by Gasteiger charge is 2.17. The summed E-state index contributed by atoms with van der Waals surface area (Å²) >= 11 is 11.6. The van der Waals surface area contributed by atoms with E-state index in [1.165, 1.54) is 27.4 Å². The number of benzene rings is 1. The lowest BCUT2D eigenvalue weighted by Crippen LogP contribution is -2.23. The van der Waals surface area contributed by atoms with Crippen molar-refractivity contribution in [3.05, 3.63) is 39.6 Å². The molecule has 0 atom stereocenters. The van der Waals surface area contributed by atoms with Crippen LogP contribution in [0, 0.1) is 0 Å². The largest absolute Gasteiger partial charge is 0.493 e. The van der Waals surface area contributed by atoms with E-state index in [9.17, 15) is 4.79 Å². The summed E-state index contributed by atoms with van der Waals surface area (Å²) in [7, 11) is 4.58. The quantitative estimate of drug-likeness (QED) is 0.830. The predicted octanol–water partition coefficient (Wildman–Crippen LogP) is 3.28. The van der Waals surface area contributed by atoms with E-state index in [-0.39, 0.29) is 23.3 Å². The van der Waals surface area contributed by atoms with Gasteiger partial charge in [0.25, 0.3) is 5.91 Å². The van der Waals surface area contributed by atoms with Crippen molar-refractivity contribution in [3.63, 3.8) is 0 Å². The molecule has 0 radical (unpaired) electrons. The molecule has 2 aromatic rings. The van der Waals surface area contributed by atoms with E-state index < -0.39 is 0 Å². The zero-order valence-corrected chi connectivity index (χ0v) is 14.3. The summed E-state index contributed by atoms with van der Waals surface area (Å²) < 4.78 is 15.9. The average molecular weight is 359 g/mol. The minimum absolute atomic E-state index is 0.223. The Morgan fingerprint density at radius 1 is 1.13 bits per heavy atom. The maximum absolute atomic E-state index is 12.1. The molecule has 0 bridgehead atoms. The highest BCUT2D eigenvalue weighted by atomic mass is 35.5. The molecule has 0 spiro atoms. The van der Waals surface area contributed by atoms with Crippen molar-refractivity contribution in [1.29, 1.82) is 0 Å². The molecule has 23 heavy (non-hydrogen) atoms. The minimum atomic E-state index is -0.337. The van der Waals surface area contributed by atoms with Crippen molar-refractivity contribution < 1.29 is 19.0 Å². The molecule has 0 unspecified atom stereocenters. The van der Waals surface area contributed by atoms with E-state index in [0.717, 1.165) is 5.56 Å². The first-order valence-corrected chi connectivity index (χ1v) is 7.37. The fraction of sp³-hybridized carbons (Fsp3) is 0.267. The molecule has 8 heteroatoms. The summed E-state index contributed by atoms with van der Waals surface area (Å²) in [6.45, 7) is 0.233. The molecule has 1 heterocycles. The number of aromatic nitrogens is 1. The predicted molar refractivity (Wildman–Crippen MR) is 88.1 cm³/mol. The Morgan fingerprint density at radius 2 is 1.83 bits per heavy atom. The molecule has 1 aromatic heterocycles. The Labute approximate surface area is 143 Å². The first kappa shape index (κ1) is 17.3. The molecule has 1 aromatic carbocycles.